The first-order valence-electron chi connectivity index (χ1n) is 8.78. The average molecular weight is 403 g/mol. The van der Waals surface area contributed by atoms with Crippen LogP contribution in [0.2, 0.25) is 0 Å². The van der Waals surface area contributed by atoms with Crippen molar-refractivity contribution < 1.29 is 22.7 Å². The Balaban J connectivity index is 1.62. The first-order chi connectivity index (χ1) is 13.3. The molecule has 2 amide bonds. The third kappa shape index (κ3) is 4.94. The number of anilines is 1. The number of ether oxygens (including phenoxy) is 1. The molecule has 8 nitrogen and oxygen atoms in total. The van der Waals surface area contributed by atoms with Crippen LogP contribution in [-0.2, 0) is 14.8 Å². The zero-order valence-corrected chi connectivity index (χ0v) is 15.9. The van der Waals surface area contributed by atoms with E-state index >= 15 is 0 Å². The molecule has 0 radical (unpaired) electrons. The number of carbonyl (C=O) groups excluding carboxylic acids is 2. The van der Waals surface area contributed by atoms with E-state index in [1.165, 1.54) is 36.4 Å². The summed E-state index contributed by atoms with van der Waals surface area (Å²) < 4.78 is 32.6. The standard InChI is InChI=1S/C19H21N3O5S/c20-18(23)13-3-7-15(8-4-13)22-19(24)14-5-9-17(10-6-14)28(25,26)21-12-16-2-1-11-27-16/h3-10,16,21H,1-2,11-12H2,(H2,20,23)(H,22,24). The molecule has 4 N–H and O–H groups in total. The molecule has 3 rings (SSSR count). The number of rotatable bonds is 7. The van der Waals surface area contributed by atoms with E-state index < -0.39 is 21.8 Å². The average Bonchev–Trinajstić information content (AvgIpc) is 3.21. The van der Waals surface area contributed by atoms with Gasteiger partial charge in [-0.3, -0.25) is 9.59 Å². The fourth-order valence-corrected chi connectivity index (χ4v) is 3.86. The Morgan fingerprint density at radius 2 is 1.68 bits per heavy atom. The molecule has 2 aromatic carbocycles. The quantitative estimate of drug-likeness (QED) is 0.645. The predicted molar refractivity (Wildman–Crippen MR) is 104 cm³/mol. The first-order valence-corrected chi connectivity index (χ1v) is 10.3. The van der Waals surface area contributed by atoms with Gasteiger partial charge in [-0.1, -0.05) is 0 Å². The second-order valence-corrected chi connectivity index (χ2v) is 8.17. The maximum absolute atomic E-state index is 12.3. The Morgan fingerprint density at radius 1 is 1.04 bits per heavy atom. The summed E-state index contributed by atoms with van der Waals surface area (Å²) in [6.45, 7) is 0.882. The highest BCUT2D eigenvalue weighted by molar-refractivity contribution is 7.89. The summed E-state index contributed by atoms with van der Waals surface area (Å²) in [4.78, 5) is 23.4. The van der Waals surface area contributed by atoms with Gasteiger partial charge in [0.1, 0.15) is 0 Å². The second-order valence-electron chi connectivity index (χ2n) is 6.41. The molecule has 0 aliphatic carbocycles. The smallest absolute Gasteiger partial charge is 0.255 e. The summed E-state index contributed by atoms with van der Waals surface area (Å²) in [6.07, 6.45) is 1.67. The molecule has 1 atom stereocenters. The summed E-state index contributed by atoms with van der Waals surface area (Å²) in [5.41, 5.74) is 6.30. The fourth-order valence-electron chi connectivity index (χ4n) is 2.80. The van der Waals surface area contributed by atoms with Crippen LogP contribution >= 0.6 is 0 Å². The minimum Gasteiger partial charge on any atom is -0.377 e. The normalized spacial score (nSPS) is 16.6. The van der Waals surface area contributed by atoms with Gasteiger partial charge < -0.3 is 15.8 Å². The van der Waals surface area contributed by atoms with E-state index in [0.29, 0.717) is 23.4 Å². The zero-order valence-electron chi connectivity index (χ0n) is 15.1. The summed E-state index contributed by atoms with van der Waals surface area (Å²) in [5.74, 6) is -0.953. The van der Waals surface area contributed by atoms with Crippen molar-refractivity contribution in [3.63, 3.8) is 0 Å². The minimum atomic E-state index is -3.67. The van der Waals surface area contributed by atoms with Crippen LogP contribution < -0.4 is 15.8 Å². The minimum absolute atomic E-state index is 0.0767. The largest absolute Gasteiger partial charge is 0.377 e. The van der Waals surface area contributed by atoms with Gasteiger partial charge in [0.25, 0.3) is 5.91 Å². The SMILES string of the molecule is NC(=O)c1ccc(NC(=O)c2ccc(S(=O)(=O)NCC3CCCO3)cc2)cc1. The van der Waals surface area contributed by atoms with Crippen molar-refractivity contribution in [1.82, 2.24) is 4.72 Å². The number of hydrogen-bond donors (Lipinski definition) is 3. The topological polar surface area (TPSA) is 128 Å². The molecule has 0 aromatic heterocycles. The van der Waals surface area contributed by atoms with Gasteiger partial charge in [0, 0.05) is 30.0 Å². The van der Waals surface area contributed by atoms with Crippen molar-refractivity contribution in [3.8, 4) is 0 Å². The molecule has 0 spiro atoms. The molecular formula is C19H21N3O5S. The van der Waals surface area contributed by atoms with Gasteiger partial charge >= 0.3 is 0 Å². The molecule has 2 aromatic rings. The lowest BCUT2D eigenvalue weighted by Gasteiger charge is -2.12. The number of sulfonamides is 1. The number of nitrogens with two attached hydrogens (primary N) is 1. The molecule has 1 saturated heterocycles. The molecule has 0 saturated carbocycles. The van der Waals surface area contributed by atoms with E-state index in [4.69, 9.17) is 10.5 Å². The molecular weight excluding hydrogens is 382 g/mol. The van der Waals surface area contributed by atoms with Crippen LogP contribution in [0.4, 0.5) is 5.69 Å². The summed E-state index contributed by atoms with van der Waals surface area (Å²) in [7, 11) is -3.67. The zero-order chi connectivity index (χ0) is 20.1. The Kier molecular flexibility index (Phi) is 6.08. The van der Waals surface area contributed by atoms with Crippen molar-refractivity contribution in [2.24, 2.45) is 5.73 Å². The van der Waals surface area contributed by atoms with Crippen LogP contribution in [0.15, 0.2) is 53.4 Å². The third-order valence-electron chi connectivity index (χ3n) is 4.38. The molecule has 1 unspecified atom stereocenters. The lowest BCUT2D eigenvalue weighted by atomic mass is 10.2. The molecule has 1 heterocycles. The molecule has 1 fully saturated rings. The van der Waals surface area contributed by atoms with Gasteiger partial charge in [-0.2, -0.15) is 0 Å². The maximum atomic E-state index is 12.3. The highest BCUT2D eigenvalue weighted by Crippen LogP contribution is 2.15. The predicted octanol–water partition coefficient (Wildman–Crippen LogP) is 1.50. The van der Waals surface area contributed by atoms with Gasteiger partial charge in [0.2, 0.25) is 15.9 Å². The molecule has 28 heavy (non-hydrogen) atoms. The lowest BCUT2D eigenvalue weighted by molar-refractivity contribution is 0.0998. The number of amides is 2. The number of carbonyl (C=O) groups is 2. The van der Waals surface area contributed by atoms with E-state index in [9.17, 15) is 18.0 Å². The van der Waals surface area contributed by atoms with E-state index in [0.717, 1.165) is 12.8 Å². The monoisotopic (exact) mass is 403 g/mol. The van der Waals surface area contributed by atoms with Crippen molar-refractivity contribution in [2.45, 2.75) is 23.8 Å². The molecule has 148 valence electrons. The van der Waals surface area contributed by atoms with Crippen molar-refractivity contribution in [1.29, 1.82) is 0 Å². The summed E-state index contributed by atoms with van der Waals surface area (Å²) >= 11 is 0. The van der Waals surface area contributed by atoms with Gasteiger partial charge in [-0.15, -0.1) is 0 Å². The number of benzene rings is 2. The first kappa shape index (κ1) is 20.0. The molecule has 1 aliphatic rings. The Labute approximate surface area is 163 Å². The molecule has 0 bridgehead atoms. The highest BCUT2D eigenvalue weighted by atomic mass is 32.2. The van der Waals surface area contributed by atoms with Crippen molar-refractivity contribution in [3.05, 3.63) is 59.7 Å². The van der Waals surface area contributed by atoms with Crippen LogP contribution in [-0.4, -0.2) is 39.5 Å². The van der Waals surface area contributed by atoms with Crippen LogP contribution in [0.5, 0.6) is 0 Å². The number of hydrogen-bond acceptors (Lipinski definition) is 5. The Bertz CT molecular complexity index is 950. The van der Waals surface area contributed by atoms with E-state index in [2.05, 4.69) is 10.0 Å². The molecule has 9 heteroatoms. The van der Waals surface area contributed by atoms with Crippen LogP contribution in [0.3, 0.4) is 0 Å². The van der Waals surface area contributed by atoms with E-state index in [-0.39, 0.29) is 17.5 Å². The van der Waals surface area contributed by atoms with Crippen molar-refractivity contribution >= 4 is 27.5 Å². The van der Waals surface area contributed by atoms with E-state index in [1.807, 2.05) is 0 Å². The van der Waals surface area contributed by atoms with Gasteiger partial charge in [0.05, 0.1) is 11.0 Å². The Morgan fingerprint density at radius 3 is 2.25 bits per heavy atom. The maximum Gasteiger partial charge on any atom is 0.255 e. The summed E-state index contributed by atoms with van der Waals surface area (Å²) in [6, 6.07) is 11.8. The third-order valence-corrected chi connectivity index (χ3v) is 5.82. The van der Waals surface area contributed by atoms with Gasteiger partial charge in [-0.05, 0) is 61.4 Å². The van der Waals surface area contributed by atoms with Crippen molar-refractivity contribution in [2.75, 3.05) is 18.5 Å². The second kappa shape index (κ2) is 8.51. The van der Waals surface area contributed by atoms with E-state index in [1.54, 1.807) is 12.1 Å². The number of primary amides is 1. The highest BCUT2D eigenvalue weighted by Gasteiger charge is 2.20. The van der Waals surface area contributed by atoms with Crippen LogP contribution in [0.25, 0.3) is 0 Å². The van der Waals surface area contributed by atoms with Crippen LogP contribution in [0.1, 0.15) is 33.6 Å². The number of nitrogens with one attached hydrogen (secondary N) is 2. The molecule has 1 aliphatic heterocycles. The van der Waals surface area contributed by atoms with Gasteiger partial charge in [0.15, 0.2) is 0 Å². The lowest BCUT2D eigenvalue weighted by Crippen LogP contribution is -2.31. The summed E-state index contributed by atoms with van der Waals surface area (Å²) in [5, 5.41) is 2.67. The van der Waals surface area contributed by atoms with Gasteiger partial charge in [-0.25, -0.2) is 13.1 Å². The fraction of sp³-hybridized carbons (Fsp3) is 0.263. The van der Waals surface area contributed by atoms with Crippen LogP contribution in [0, 0.1) is 0 Å². The Hall–Kier alpha value is -2.75.